The first-order valence-corrected chi connectivity index (χ1v) is 4.98. The lowest BCUT2D eigenvalue weighted by atomic mass is 10.3. The zero-order chi connectivity index (χ0) is 11.3. The first-order valence-electron chi connectivity index (χ1n) is 4.19. The molecule has 1 aromatic rings. The molecule has 0 aromatic heterocycles. The second kappa shape index (κ2) is 5.53. The first-order chi connectivity index (χ1) is 7.15. The van der Waals surface area contributed by atoms with Crippen LogP contribution in [0.25, 0.3) is 0 Å². The molecule has 0 saturated heterocycles. The Hall–Kier alpha value is -1.33. The summed E-state index contributed by atoms with van der Waals surface area (Å²) >= 11 is 3.30. The molecule has 0 aliphatic heterocycles. The molecule has 4 nitrogen and oxygen atoms in total. The molecule has 0 aliphatic carbocycles. The monoisotopic (exact) mass is 270 g/mol. The molecule has 1 aromatic carbocycles. The van der Waals surface area contributed by atoms with Gasteiger partial charge >= 0.3 is 0 Å². The summed E-state index contributed by atoms with van der Waals surface area (Å²) in [5.74, 6) is 5.24. The number of carbonyl (C=O) groups excluding carboxylic acids is 1. The molecule has 5 heteroatoms. The molecular weight excluding hydrogens is 260 g/mol. The SMILES string of the molecule is CO/C=C/C(=O)N(N)c1ccc(Br)cc1. The van der Waals surface area contributed by atoms with Crippen molar-refractivity contribution in [1.29, 1.82) is 0 Å². The minimum atomic E-state index is -0.348. The summed E-state index contributed by atoms with van der Waals surface area (Å²) in [6, 6.07) is 7.09. The molecule has 1 amide bonds. The summed E-state index contributed by atoms with van der Waals surface area (Å²) in [7, 11) is 1.46. The lowest BCUT2D eigenvalue weighted by Gasteiger charge is -2.14. The van der Waals surface area contributed by atoms with Gasteiger partial charge in [0.25, 0.3) is 5.91 Å². The van der Waals surface area contributed by atoms with Crippen molar-refractivity contribution in [3.05, 3.63) is 41.1 Å². The van der Waals surface area contributed by atoms with E-state index in [9.17, 15) is 4.79 Å². The Bertz CT molecular complexity index is 362. The average Bonchev–Trinajstić information content (AvgIpc) is 2.26. The highest BCUT2D eigenvalue weighted by Gasteiger charge is 2.07. The standard InChI is InChI=1S/C10H11BrN2O2/c1-15-7-6-10(14)13(12)9-4-2-8(11)3-5-9/h2-7H,12H2,1H3/b7-6+. The molecule has 0 spiro atoms. The van der Waals surface area contributed by atoms with Crippen LogP contribution in [-0.4, -0.2) is 13.0 Å². The van der Waals surface area contributed by atoms with Crippen molar-refractivity contribution < 1.29 is 9.53 Å². The number of carbonyl (C=O) groups is 1. The summed E-state index contributed by atoms with van der Waals surface area (Å²) in [6.07, 6.45) is 2.53. The van der Waals surface area contributed by atoms with E-state index in [1.165, 1.54) is 19.4 Å². The third kappa shape index (κ3) is 3.38. The van der Waals surface area contributed by atoms with Gasteiger partial charge in [0.05, 0.1) is 19.1 Å². The van der Waals surface area contributed by atoms with Gasteiger partial charge in [-0.2, -0.15) is 0 Å². The summed E-state index contributed by atoms with van der Waals surface area (Å²) in [4.78, 5) is 11.4. The fourth-order valence-electron chi connectivity index (χ4n) is 0.935. The number of methoxy groups -OCH3 is 1. The Kier molecular flexibility index (Phi) is 4.33. The molecule has 2 N–H and O–H groups in total. The minimum absolute atomic E-state index is 0.348. The highest BCUT2D eigenvalue weighted by Crippen LogP contribution is 2.16. The van der Waals surface area contributed by atoms with Gasteiger partial charge in [-0.1, -0.05) is 15.9 Å². The van der Waals surface area contributed by atoms with Crippen molar-refractivity contribution in [2.45, 2.75) is 0 Å². The number of nitrogens with zero attached hydrogens (tertiary/aromatic N) is 1. The van der Waals surface area contributed by atoms with Gasteiger partial charge in [-0.05, 0) is 24.3 Å². The lowest BCUT2D eigenvalue weighted by Crippen LogP contribution is -2.36. The number of benzene rings is 1. The molecule has 0 heterocycles. The molecule has 0 aliphatic rings. The zero-order valence-corrected chi connectivity index (χ0v) is 9.77. The fraction of sp³-hybridized carbons (Fsp3) is 0.100. The Morgan fingerprint density at radius 2 is 2.07 bits per heavy atom. The number of halogens is 1. The van der Waals surface area contributed by atoms with E-state index in [1.807, 2.05) is 12.1 Å². The van der Waals surface area contributed by atoms with E-state index in [1.54, 1.807) is 12.1 Å². The molecule has 0 bridgehead atoms. The highest BCUT2D eigenvalue weighted by molar-refractivity contribution is 9.10. The second-order valence-electron chi connectivity index (χ2n) is 2.72. The quantitative estimate of drug-likeness (QED) is 0.300. The van der Waals surface area contributed by atoms with E-state index < -0.39 is 0 Å². The lowest BCUT2D eigenvalue weighted by molar-refractivity contribution is -0.114. The largest absolute Gasteiger partial charge is 0.504 e. The van der Waals surface area contributed by atoms with Crippen LogP contribution in [0.15, 0.2) is 41.1 Å². The molecule has 80 valence electrons. The van der Waals surface area contributed by atoms with Crippen LogP contribution < -0.4 is 10.9 Å². The predicted molar refractivity (Wildman–Crippen MR) is 62.0 cm³/mol. The third-order valence-electron chi connectivity index (χ3n) is 1.69. The van der Waals surface area contributed by atoms with Gasteiger partial charge < -0.3 is 4.74 Å². The van der Waals surface area contributed by atoms with Crippen LogP contribution in [0.1, 0.15) is 0 Å². The minimum Gasteiger partial charge on any atom is -0.504 e. The van der Waals surface area contributed by atoms with Gasteiger partial charge in [0, 0.05) is 10.5 Å². The Balaban J connectivity index is 2.76. The zero-order valence-electron chi connectivity index (χ0n) is 8.18. The van der Waals surface area contributed by atoms with Gasteiger partial charge in [-0.3, -0.25) is 4.79 Å². The molecule has 1 rings (SSSR count). The van der Waals surface area contributed by atoms with Gasteiger partial charge in [-0.15, -0.1) is 0 Å². The Labute approximate surface area is 96.4 Å². The maximum atomic E-state index is 11.4. The molecule has 0 saturated carbocycles. The first kappa shape index (κ1) is 11.7. The van der Waals surface area contributed by atoms with E-state index in [-0.39, 0.29) is 5.91 Å². The number of hydrogen-bond donors (Lipinski definition) is 1. The second-order valence-corrected chi connectivity index (χ2v) is 3.64. The van der Waals surface area contributed by atoms with Crippen molar-refractivity contribution in [2.24, 2.45) is 5.84 Å². The topological polar surface area (TPSA) is 55.6 Å². The highest BCUT2D eigenvalue weighted by atomic mass is 79.9. The van der Waals surface area contributed by atoms with Crippen LogP contribution in [0.4, 0.5) is 5.69 Å². The number of hydrazine groups is 1. The summed E-state index contributed by atoms with van der Waals surface area (Å²) in [5, 5.41) is 1.04. The molecule has 15 heavy (non-hydrogen) atoms. The molecule has 0 fully saturated rings. The molecule has 0 unspecified atom stereocenters. The molecule has 0 radical (unpaired) electrons. The normalized spacial score (nSPS) is 10.3. The van der Waals surface area contributed by atoms with Crippen molar-refractivity contribution in [3.63, 3.8) is 0 Å². The van der Waals surface area contributed by atoms with E-state index in [4.69, 9.17) is 5.84 Å². The van der Waals surface area contributed by atoms with Gasteiger partial charge in [0.2, 0.25) is 0 Å². The van der Waals surface area contributed by atoms with Crippen LogP contribution in [0.3, 0.4) is 0 Å². The van der Waals surface area contributed by atoms with Gasteiger partial charge in [-0.25, -0.2) is 10.9 Å². The summed E-state index contributed by atoms with van der Waals surface area (Å²) in [5.41, 5.74) is 0.615. The summed E-state index contributed by atoms with van der Waals surface area (Å²) < 4.78 is 5.56. The van der Waals surface area contributed by atoms with Crippen LogP contribution >= 0.6 is 15.9 Å². The van der Waals surface area contributed by atoms with Crippen LogP contribution in [0.2, 0.25) is 0 Å². The molecular formula is C10H11BrN2O2. The average molecular weight is 271 g/mol. The van der Waals surface area contributed by atoms with Crippen molar-refractivity contribution in [3.8, 4) is 0 Å². The maximum absolute atomic E-state index is 11.4. The van der Waals surface area contributed by atoms with Gasteiger partial charge in [0.1, 0.15) is 0 Å². The third-order valence-corrected chi connectivity index (χ3v) is 2.22. The number of nitrogens with two attached hydrogens (primary N) is 1. The van der Waals surface area contributed by atoms with Crippen LogP contribution in [0, 0.1) is 0 Å². The smallest absolute Gasteiger partial charge is 0.268 e. The fourth-order valence-corrected chi connectivity index (χ4v) is 1.20. The van der Waals surface area contributed by atoms with Crippen molar-refractivity contribution in [1.82, 2.24) is 0 Å². The van der Waals surface area contributed by atoms with Crippen molar-refractivity contribution >= 4 is 27.5 Å². The van der Waals surface area contributed by atoms with Crippen LogP contribution in [-0.2, 0) is 9.53 Å². The number of anilines is 1. The Morgan fingerprint density at radius 1 is 1.47 bits per heavy atom. The summed E-state index contributed by atoms with van der Waals surface area (Å²) in [6.45, 7) is 0. The van der Waals surface area contributed by atoms with Crippen LogP contribution in [0.5, 0.6) is 0 Å². The Morgan fingerprint density at radius 3 is 2.60 bits per heavy atom. The molecule has 0 atom stereocenters. The maximum Gasteiger partial charge on any atom is 0.268 e. The predicted octanol–water partition coefficient (Wildman–Crippen LogP) is 1.82. The van der Waals surface area contributed by atoms with E-state index in [0.29, 0.717) is 5.69 Å². The number of ether oxygens (including phenoxy) is 1. The van der Waals surface area contributed by atoms with E-state index >= 15 is 0 Å². The number of hydrogen-bond acceptors (Lipinski definition) is 3. The number of rotatable bonds is 3. The van der Waals surface area contributed by atoms with E-state index in [0.717, 1.165) is 9.48 Å². The van der Waals surface area contributed by atoms with Gasteiger partial charge in [0.15, 0.2) is 0 Å². The van der Waals surface area contributed by atoms with E-state index in [2.05, 4.69) is 20.7 Å². The van der Waals surface area contributed by atoms with Crippen molar-refractivity contribution in [2.75, 3.05) is 12.1 Å². The number of amides is 1.